The second kappa shape index (κ2) is 7.56. The first-order chi connectivity index (χ1) is 13.5. The zero-order chi connectivity index (χ0) is 19.7. The first kappa shape index (κ1) is 18.4. The number of hydrogen-bond donors (Lipinski definition) is 2. The van der Waals surface area contributed by atoms with E-state index in [0.29, 0.717) is 16.7 Å². The van der Waals surface area contributed by atoms with E-state index in [2.05, 4.69) is 21.7 Å². The molecule has 0 atom stereocenters. The smallest absolute Gasteiger partial charge is 0.251 e. The fraction of sp³-hybridized carbons (Fsp3) is 0.227. The fourth-order valence-corrected chi connectivity index (χ4v) is 3.89. The molecule has 1 aliphatic rings. The molecule has 0 saturated heterocycles. The van der Waals surface area contributed by atoms with Gasteiger partial charge < -0.3 is 5.32 Å². The second-order valence-corrected chi connectivity index (χ2v) is 8.09. The average molecular weight is 391 g/mol. The highest BCUT2D eigenvalue weighted by Crippen LogP contribution is 2.30. The van der Waals surface area contributed by atoms with E-state index in [0.717, 1.165) is 39.7 Å². The normalized spacial score (nSPS) is 13.8. The molecule has 0 bridgehead atoms. The summed E-state index contributed by atoms with van der Waals surface area (Å²) in [7, 11) is 0. The lowest BCUT2D eigenvalue weighted by Gasteiger charge is -2.03. The lowest BCUT2D eigenvalue weighted by molar-refractivity contribution is -0.111. The van der Waals surface area contributed by atoms with Crippen LogP contribution in [0, 0.1) is 13.8 Å². The molecule has 2 aromatic carbocycles. The number of carbonyl (C=O) groups is 2. The van der Waals surface area contributed by atoms with Gasteiger partial charge in [0.2, 0.25) is 5.91 Å². The van der Waals surface area contributed by atoms with Gasteiger partial charge in [0.1, 0.15) is 0 Å². The van der Waals surface area contributed by atoms with E-state index >= 15 is 0 Å². The third kappa shape index (κ3) is 4.12. The Morgan fingerprint density at radius 3 is 2.46 bits per heavy atom. The molecule has 5 nitrogen and oxygen atoms in total. The Hall–Kier alpha value is -2.99. The second-order valence-electron chi connectivity index (χ2n) is 7.09. The molecule has 0 radical (unpaired) electrons. The molecule has 1 heterocycles. The summed E-state index contributed by atoms with van der Waals surface area (Å²) in [5.74, 6) is -0.276. The third-order valence-corrected chi connectivity index (χ3v) is 5.79. The molecule has 1 fully saturated rings. The Bertz CT molecular complexity index is 1040. The van der Waals surface area contributed by atoms with E-state index in [1.165, 1.54) is 17.4 Å². The molecule has 4 rings (SSSR count). The number of aromatic nitrogens is 1. The van der Waals surface area contributed by atoms with E-state index in [1.807, 2.05) is 32.0 Å². The van der Waals surface area contributed by atoms with Crippen molar-refractivity contribution in [1.82, 2.24) is 10.3 Å². The summed E-state index contributed by atoms with van der Waals surface area (Å²) >= 11 is 1.48. The van der Waals surface area contributed by atoms with Crippen LogP contribution in [0.25, 0.3) is 16.3 Å². The van der Waals surface area contributed by atoms with Gasteiger partial charge in [0.25, 0.3) is 5.91 Å². The van der Waals surface area contributed by atoms with E-state index in [-0.39, 0.29) is 11.8 Å². The van der Waals surface area contributed by atoms with Crippen LogP contribution in [-0.4, -0.2) is 22.8 Å². The zero-order valence-corrected chi connectivity index (χ0v) is 16.6. The van der Waals surface area contributed by atoms with Crippen molar-refractivity contribution in [3.05, 3.63) is 64.7 Å². The molecular formula is C22H21N3O2S. The highest BCUT2D eigenvalue weighted by Gasteiger charge is 2.23. The number of benzene rings is 2. The lowest BCUT2D eigenvalue weighted by Crippen LogP contribution is -2.25. The summed E-state index contributed by atoms with van der Waals surface area (Å²) in [6.07, 6.45) is 5.33. The fourth-order valence-electron chi connectivity index (χ4n) is 2.87. The van der Waals surface area contributed by atoms with Gasteiger partial charge in [-0.3, -0.25) is 14.9 Å². The van der Waals surface area contributed by atoms with Gasteiger partial charge in [0.05, 0.1) is 10.2 Å². The standard InChI is InChI=1S/C22H21N3O2S/c1-13-3-4-14(2)20-19(13)25-22(28-20)24-18(26)12-7-15-5-8-16(9-6-15)21(27)23-17-10-11-17/h3-9,12,17H,10-11H2,1-2H3,(H,23,27)(H,24,25,26)/b12-7+. The minimum Gasteiger partial charge on any atom is -0.349 e. The van der Waals surface area contributed by atoms with Crippen molar-refractivity contribution in [2.75, 3.05) is 5.32 Å². The first-order valence-electron chi connectivity index (χ1n) is 9.26. The van der Waals surface area contributed by atoms with Gasteiger partial charge in [-0.05, 0) is 61.6 Å². The van der Waals surface area contributed by atoms with Gasteiger partial charge in [-0.15, -0.1) is 0 Å². The molecule has 1 saturated carbocycles. The van der Waals surface area contributed by atoms with Crippen LogP contribution in [0.5, 0.6) is 0 Å². The molecule has 28 heavy (non-hydrogen) atoms. The molecule has 2 N–H and O–H groups in total. The molecule has 0 spiro atoms. The Morgan fingerprint density at radius 1 is 1.07 bits per heavy atom. The van der Waals surface area contributed by atoms with Gasteiger partial charge in [-0.1, -0.05) is 35.6 Å². The van der Waals surface area contributed by atoms with E-state index < -0.39 is 0 Å². The number of nitrogens with zero attached hydrogens (tertiary/aromatic N) is 1. The van der Waals surface area contributed by atoms with Crippen molar-refractivity contribution < 1.29 is 9.59 Å². The van der Waals surface area contributed by atoms with Crippen LogP contribution in [0.1, 0.15) is 39.9 Å². The summed E-state index contributed by atoms with van der Waals surface area (Å²) in [4.78, 5) is 28.8. The number of fused-ring (bicyclic) bond motifs is 1. The lowest BCUT2D eigenvalue weighted by atomic mass is 10.1. The minimum atomic E-state index is -0.232. The number of aryl methyl sites for hydroxylation is 2. The molecule has 1 aromatic heterocycles. The predicted molar refractivity (Wildman–Crippen MR) is 114 cm³/mol. The molecule has 0 aliphatic heterocycles. The molecule has 142 valence electrons. The molecule has 3 aromatic rings. The van der Waals surface area contributed by atoms with Crippen molar-refractivity contribution in [3.8, 4) is 0 Å². The summed E-state index contributed by atoms with van der Waals surface area (Å²) < 4.78 is 1.10. The summed E-state index contributed by atoms with van der Waals surface area (Å²) in [6, 6.07) is 11.6. The monoisotopic (exact) mass is 391 g/mol. The molecule has 0 unspecified atom stereocenters. The quantitative estimate of drug-likeness (QED) is 0.631. The number of thiazole rings is 1. The number of anilines is 1. The van der Waals surface area contributed by atoms with Crippen molar-refractivity contribution in [2.45, 2.75) is 32.7 Å². The third-order valence-electron chi connectivity index (χ3n) is 4.68. The highest BCUT2D eigenvalue weighted by molar-refractivity contribution is 7.22. The van der Waals surface area contributed by atoms with Gasteiger partial charge in [-0.25, -0.2) is 4.98 Å². The highest BCUT2D eigenvalue weighted by atomic mass is 32.1. The van der Waals surface area contributed by atoms with Crippen molar-refractivity contribution >= 4 is 44.6 Å². The Labute approximate surface area is 167 Å². The van der Waals surface area contributed by atoms with E-state index in [4.69, 9.17) is 0 Å². The Balaban J connectivity index is 1.40. The molecular weight excluding hydrogens is 370 g/mol. The van der Waals surface area contributed by atoms with Crippen molar-refractivity contribution in [2.24, 2.45) is 0 Å². The molecule has 1 aliphatic carbocycles. The van der Waals surface area contributed by atoms with Crippen LogP contribution in [0.4, 0.5) is 5.13 Å². The maximum Gasteiger partial charge on any atom is 0.251 e. The maximum atomic E-state index is 12.2. The van der Waals surface area contributed by atoms with Gasteiger partial charge >= 0.3 is 0 Å². The Morgan fingerprint density at radius 2 is 1.79 bits per heavy atom. The number of nitrogens with one attached hydrogen (secondary N) is 2. The minimum absolute atomic E-state index is 0.0443. The maximum absolute atomic E-state index is 12.2. The first-order valence-corrected chi connectivity index (χ1v) is 10.1. The molecule has 2 amide bonds. The number of amides is 2. The zero-order valence-electron chi connectivity index (χ0n) is 15.8. The summed E-state index contributed by atoms with van der Waals surface area (Å²) in [5, 5.41) is 6.38. The summed E-state index contributed by atoms with van der Waals surface area (Å²) in [6.45, 7) is 4.06. The van der Waals surface area contributed by atoms with Crippen LogP contribution < -0.4 is 10.6 Å². The van der Waals surface area contributed by atoms with Gasteiger partial charge in [0.15, 0.2) is 5.13 Å². The van der Waals surface area contributed by atoms with Gasteiger partial charge in [-0.2, -0.15) is 0 Å². The van der Waals surface area contributed by atoms with Crippen LogP contribution >= 0.6 is 11.3 Å². The van der Waals surface area contributed by atoms with Gasteiger partial charge in [0, 0.05) is 17.7 Å². The van der Waals surface area contributed by atoms with Crippen LogP contribution in [-0.2, 0) is 4.79 Å². The average Bonchev–Trinajstić information content (AvgIpc) is 3.39. The van der Waals surface area contributed by atoms with Crippen LogP contribution in [0.15, 0.2) is 42.5 Å². The number of carbonyl (C=O) groups excluding carboxylic acids is 2. The van der Waals surface area contributed by atoms with Crippen molar-refractivity contribution in [1.29, 1.82) is 0 Å². The predicted octanol–water partition coefficient (Wildman–Crippen LogP) is 4.46. The van der Waals surface area contributed by atoms with Crippen LogP contribution in [0.3, 0.4) is 0 Å². The largest absolute Gasteiger partial charge is 0.349 e. The van der Waals surface area contributed by atoms with Crippen LogP contribution in [0.2, 0.25) is 0 Å². The van der Waals surface area contributed by atoms with Crippen molar-refractivity contribution in [3.63, 3.8) is 0 Å². The van der Waals surface area contributed by atoms with E-state index in [9.17, 15) is 9.59 Å². The van der Waals surface area contributed by atoms with E-state index in [1.54, 1.807) is 18.2 Å². The SMILES string of the molecule is Cc1ccc(C)c2sc(NC(=O)/C=C/c3ccc(C(=O)NC4CC4)cc3)nc12. The number of rotatable bonds is 5. The topological polar surface area (TPSA) is 71.1 Å². The number of hydrogen-bond acceptors (Lipinski definition) is 4. The molecule has 6 heteroatoms. The summed E-state index contributed by atoms with van der Waals surface area (Å²) in [5.41, 5.74) is 4.67. The Kier molecular flexibility index (Phi) is 4.96.